The number of hydrogen-bond donors (Lipinski definition) is 5. The Morgan fingerprint density at radius 1 is 0.796 bits per heavy atom. The van der Waals surface area contributed by atoms with Crippen molar-refractivity contribution in [1.29, 1.82) is 0 Å². The first-order valence-electron chi connectivity index (χ1n) is 14.4. The van der Waals surface area contributed by atoms with Gasteiger partial charge < -0.3 is 40.3 Å². The molecule has 2 aliphatic rings. The van der Waals surface area contributed by atoms with Gasteiger partial charge in [0.1, 0.15) is 28.2 Å². The van der Waals surface area contributed by atoms with Gasteiger partial charge in [-0.1, -0.05) is 22.7 Å². The largest absolute Gasteiger partial charge is 0.463 e. The van der Waals surface area contributed by atoms with Crippen molar-refractivity contribution in [2.24, 2.45) is 0 Å². The minimum atomic E-state index is -1.02. The number of nitrogen functional groups attached to an aromatic ring is 2. The molecular formula is C26H30N8O13S2. The van der Waals surface area contributed by atoms with Crippen LogP contribution >= 0.6 is 22.7 Å². The van der Waals surface area contributed by atoms with Gasteiger partial charge in [-0.2, -0.15) is 9.97 Å². The van der Waals surface area contributed by atoms with E-state index in [1.165, 1.54) is 20.8 Å². The van der Waals surface area contributed by atoms with E-state index in [1.54, 1.807) is 0 Å². The van der Waals surface area contributed by atoms with Crippen LogP contribution in [0.3, 0.4) is 0 Å². The summed E-state index contributed by atoms with van der Waals surface area (Å²) in [6.45, 7) is 3.37. The van der Waals surface area contributed by atoms with Gasteiger partial charge in [-0.3, -0.25) is 52.7 Å². The fourth-order valence-corrected chi connectivity index (χ4v) is 6.99. The summed E-state index contributed by atoms with van der Waals surface area (Å²) in [6.07, 6.45) is -4.34. The van der Waals surface area contributed by atoms with E-state index < -0.39 is 75.6 Å². The maximum absolute atomic E-state index is 12.4. The highest BCUT2D eigenvalue weighted by molar-refractivity contribution is 7.16. The molecule has 2 fully saturated rings. The van der Waals surface area contributed by atoms with Crippen molar-refractivity contribution < 1.29 is 43.2 Å². The molecule has 2 aliphatic heterocycles. The molecule has 0 aromatic carbocycles. The van der Waals surface area contributed by atoms with Crippen LogP contribution in [0, 0.1) is 0 Å². The Kier molecular flexibility index (Phi) is 10.3. The van der Waals surface area contributed by atoms with Crippen molar-refractivity contribution in [1.82, 2.24) is 29.1 Å². The second-order valence-corrected chi connectivity index (χ2v) is 12.7. The Balaban J connectivity index is 0.000000192. The smallest absolute Gasteiger partial charge is 0.311 e. The highest BCUT2D eigenvalue weighted by Crippen LogP contribution is 2.34. The molecule has 2 saturated heterocycles. The summed E-state index contributed by atoms with van der Waals surface area (Å²) in [5.74, 6) is -1.89. The summed E-state index contributed by atoms with van der Waals surface area (Å²) < 4.78 is 29.1. The lowest BCUT2D eigenvalue weighted by Gasteiger charge is -2.19. The van der Waals surface area contributed by atoms with Gasteiger partial charge in [0.05, 0.1) is 18.8 Å². The summed E-state index contributed by atoms with van der Waals surface area (Å²) in [5, 5.41) is 9.26. The fourth-order valence-electron chi connectivity index (χ4n) is 5.30. The Morgan fingerprint density at radius 3 is 1.63 bits per heavy atom. The lowest BCUT2D eigenvalue weighted by Crippen LogP contribution is -2.30. The number of H-pyrrole nitrogens is 2. The molecule has 21 nitrogen and oxygen atoms in total. The molecule has 6 heterocycles. The predicted molar refractivity (Wildman–Crippen MR) is 170 cm³/mol. The number of carbonyl (C=O) groups excluding carboxylic acids is 3. The van der Waals surface area contributed by atoms with Crippen LogP contribution in [0.1, 0.15) is 46.1 Å². The highest BCUT2D eigenvalue weighted by atomic mass is 32.1. The summed E-state index contributed by atoms with van der Waals surface area (Å²) in [6, 6.07) is 0. The number of fused-ring (bicyclic) bond motifs is 2. The van der Waals surface area contributed by atoms with Crippen molar-refractivity contribution in [3.63, 3.8) is 0 Å². The average molecular weight is 727 g/mol. The number of anilines is 2. The molecule has 264 valence electrons. The third-order valence-corrected chi connectivity index (χ3v) is 8.98. The first kappa shape index (κ1) is 35.3. The molecule has 4 aromatic rings. The lowest BCUT2D eigenvalue weighted by molar-refractivity contribution is -0.153. The maximum Gasteiger partial charge on any atom is 0.311 e. The number of carbonyl (C=O) groups is 3. The van der Waals surface area contributed by atoms with Crippen LogP contribution in [0.5, 0.6) is 0 Å². The average Bonchev–Trinajstić information content (AvgIpc) is 3.75. The van der Waals surface area contributed by atoms with E-state index in [0.29, 0.717) is 22.7 Å². The topological polar surface area (TPSA) is 305 Å². The van der Waals surface area contributed by atoms with Crippen molar-refractivity contribution in [3.05, 3.63) is 40.0 Å². The summed E-state index contributed by atoms with van der Waals surface area (Å²) in [7, 11) is 0. The quantitative estimate of drug-likeness (QED) is 0.106. The third kappa shape index (κ3) is 7.54. The maximum atomic E-state index is 12.4. The number of nitrogens with two attached hydrogens (primary N) is 2. The van der Waals surface area contributed by atoms with Gasteiger partial charge in [0, 0.05) is 33.6 Å². The molecular weight excluding hydrogens is 696 g/mol. The number of esters is 3. The van der Waals surface area contributed by atoms with E-state index in [2.05, 4.69) is 19.9 Å². The number of aromatic nitrogens is 6. The molecule has 7 N–H and O–H groups in total. The van der Waals surface area contributed by atoms with Crippen molar-refractivity contribution in [2.75, 3.05) is 24.7 Å². The van der Waals surface area contributed by atoms with Crippen LogP contribution < -0.4 is 32.3 Å². The second-order valence-electron chi connectivity index (χ2n) is 10.7. The van der Waals surface area contributed by atoms with Crippen molar-refractivity contribution in [2.45, 2.75) is 70.5 Å². The number of nitrogens with one attached hydrogen (secondary N) is 2. The van der Waals surface area contributed by atoms with E-state index >= 15 is 0 Å². The van der Waals surface area contributed by atoms with E-state index in [0.717, 1.165) is 9.13 Å². The van der Waals surface area contributed by atoms with Crippen LogP contribution in [0.25, 0.3) is 20.7 Å². The molecule has 0 bridgehead atoms. The van der Waals surface area contributed by atoms with Gasteiger partial charge >= 0.3 is 27.7 Å². The fraction of sp³-hybridized carbons (Fsp3) is 0.500. The monoisotopic (exact) mass is 726 g/mol. The van der Waals surface area contributed by atoms with Gasteiger partial charge in [0.15, 0.2) is 23.8 Å². The van der Waals surface area contributed by atoms with Crippen molar-refractivity contribution >= 4 is 73.2 Å². The van der Waals surface area contributed by atoms with Crippen LogP contribution in [0.4, 0.5) is 11.9 Å². The van der Waals surface area contributed by atoms with E-state index in [9.17, 15) is 38.7 Å². The number of hydrogen-bond acceptors (Lipinski definition) is 19. The van der Waals surface area contributed by atoms with Gasteiger partial charge in [-0.25, -0.2) is 0 Å². The van der Waals surface area contributed by atoms with Crippen LogP contribution in [0.2, 0.25) is 0 Å². The molecule has 0 spiro atoms. The SMILES string of the molecule is CC(=O)OCC1C[C@@H](OC(C)=O)C(n2c(=O)sc3c(=O)[nH]c(N)nc32)O1.CC(=O)O[C@@H]1CC(CO)OC1n1c(=O)sc2c(=O)[nH]c(N)nc21. The third-order valence-electron chi connectivity index (χ3n) is 7.09. The Morgan fingerprint density at radius 2 is 1.22 bits per heavy atom. The highest BCUT2D eigenvalue weighted by Gasteiger charge is 2.42. The molecule has 0 amide bonds. The van der Waals surface area contributed by atoms with Crippen LogP contribution in [-0.2, 0) is 38.1 Å². The normalized spacial score (nSPS) is 23.3. The predicted octanol–water partition coefficient (Wildman–Crippen LogP) is -1.55. The zero-order chi connectivity index (χ0) is 35.7. The Hall–Kier alpha value is -4.97. The summed E-state index contributed by atoms with van der Waals surface area (Å²) in [5.41, 5.74) is 10.1. The first-order valence-corrected chi connectivity index (χ1v) is 16.0. The molecule has 4 aromatic heterocycles. The van der Waals surface area contributed by atoms with E-state index in [4.69, 9.17) is 35.2 Å². The van der Waals surface area contributed by atoms with Gasteiger partial charge in [-0.05, 0) is 0 Å². The minimum Gasteiger partial charge on any atom is -0.463 e. The zero-order valence-corrected chi connectivity index (χ0v) is 27.5. The first-order chi connectivity index (χ1) is 23.2. The molecule has 23 heteroatoms. The number of ether oxygens (including phenoxy) is 5. The van der Waals surface area contributed by atoms with Gasteiger partial charge in [-0.15, -0.1) is 0 Å². The molecule has 4 unspecified atom stereocenters. The Labute approximate surface area is 280 Å². The zero-order valence-electron chi connectivity index (χ0n) is 25.9. The number of aromatic amines is 2. The number of thiazole rings is 2. The van der Waals surface area contributed by atoms with Gasteiger partial charge in [0.25, 0.3) is 11.1 Å². The lowest BCUT2D eigenvalue weighted by atomic mass is 10.2. The molecule has 0 saturated carbocycles. The van der Waals surface area contributed by atoms with Crippen LogP contribution in [-0.4, -0.2) is 89.7 Å². The molecule has 0 aliphatic carbocycles. The molecule has 6 atom stereocenters. The van der Waals surface area contributed by atoms with Crippen molar-refractivity contribution in [3.8, 4) is 0 Å². The standard InChI is InChI=1S/C14H16N4O7S.C12H14N4O6S/c1-5(19)23-4-7-3-8(24-6(2)20)12(25-7)18-10-9(26-14(18)22)11(21)17-13(15)16-10;1-4(18)21-6-2-5(3-17)22-10(6)16-8-7(23-12(16)20)9(19)15-11(13)14-8/h7-8,12H,3-4H2,1-2H3,(H3,15,16,17,21);5-6,10,17H,2-3H2,1H3,(H3,13,14,15,19)/t7?,8-,12?;5?,6-,10?/m11/s1. The van der Waals surface area contributed by atoms with E-state index in [1.807, 2.05) is 0 Å². The number of nitrogens with zero attached hydrogens (tertiary/aromatic N) is 4. The molecule has 49 heavy (non-hydrogen) atoms. The van der Waals surface area contributed by atoms with E-state index in [-0.39, 0.29) is 58.6 Å². The molecule has 0 radical (unpaired) electrons. The molecule has 6 rings (SSSR count). The number of aliphatic hydroxyl groups is 1. The second kappa shape index (κ2) is 14.3. The van der Waals surface area contributed by atoms with Gasteiger partial charge in [0.2, 0.25) is 11.9 Å². The van der Waals surface area contributed by atoms with Crippen LogP contribution in [0.15, 0.2) is 19.2 Å². The number of rotatable bonds is 7. The minimum absolute atomic E-state index is 0.0385. The number of aliphatic hydroxyl groups excluding tert-OH is 1. The summed E-state index contributed by atoms with van der Waals surface area (Å²) in [4.78, 5) is 93.8. The summed E-state index contributed by atoms with van der Waals surface area (Å²) >= 11 is 1.37. The Bertz CT molecular complexity index is 2150.